The summed E-state index contributed by atoms with van der Waals surface area (Å²) >= 11 is 0. The molecule has 0 heterocycles. The number of hydrogen-bond donors (Lipinski definition) is 2. The van der Waals surface area contributed by atoms with Crippen molar-refractivity contribution in [1.82, 2.24) is 4.72 Å². The first-order valence-electron chi connectivity index (χ1n) is 4.37. The van der Waals surface area contributed by atoms with Gasteiger partial charge in [-0.15, -0.1) is 0 Å². The number of aliphatic hydroxyl groups excluding tert-OH is 1. The molecule has 0 aromatic rings. The topological polar surface area (TPSA) is 66.4 Å². The minimum absolute atomic E-state index is 0.161. The molecule has 13 heavy (non-hydrogen) atoms. The Hall–Kier alpha value is -0.130. The van der Waals surface area contributed by atoms with Crippen LogP contribution in [0.3, 0.4) is 0 Å². The van der Waals surface area contributed by atoms with Gasteiger partial charge in [-0.2, -0.15) is 0 Å². The predicted molar refractivity (Wildman–Crippen MR) is 53.0 cm³/mol. The van der Waals surface area contributed by atoms with Crippen molar-refractivity contribution in [1.29, 1.82) is 0 Å². The molecule has 5 heteroatoms. The summed E-state index contributed by atoms with van der Waals surface area (Å²) in [5.74, 6) is 0. The van der Waals surface area contributed by atoms with Crippen LogP contribution in [0.15, 0.2) is 0 Å². The van der Waals surface area contributed by atoms with E-state index < -0.39 is 14.8 Å². The lowest BCUT2D eigenvalue weighted by Crippen LogP contribution is -2.45. The molecule has 1 unspecified atom stereocenters. The fourth-order valence-corrected chi connectivity index (χ4v) is 1.68. The highest BCUT2D eigenvalue weighted by molar-refractivity contribution is 7.90. The van der Waals surface area contributed by atoms with Crippen molar-refractivity contribution < 1.29 is 13.5 Å². The summed E-state index contributed by atoms with van der Waals surface area (Å²) < 4.78 is 24.7. The van der Waals surface area contributed by atoms with Gasteiger partial charge in [0.1, 0.15) is 0 Å². The number of hydrogen-bond acceptors (Lipinski definition) is 3. The molecule has 0 saturated heterocycles. The second-order valence-corrected chi connectivity index (χ2v) is 6.49. The first-order valence-corrected chi connectivity index (χ1v) is 5.85. The third kappa shape index (κ3) is 3.62. The molecule has 80 valence electrons. The van der Waals surface area contributed by atoms with Crippen LogP contribution in [0.2, 0.25) is 0 Å². The number of aliphatic hydroxyl groups is 1. The van der Waals surface area contributed by atoms with Gasteiger partial charge in [-0.1, -0.05) is 6.92 Å². The Labute approximate surface area is 80.4 Å². The van der Waals surface area contributed by atoms with Crippen molar-refractivity contribution >= 4 is 10.0 Å². The van der Waals surface area contributed by atoms with E-state index in [9.17, 15) is 8.42 Å². The lowest BCUT2D eigenvalue weighted by molar-refractivity contribution is 0.253. The Morgan fingerprint density at radius 1 is 1.38 bits per heavy atom. The molecule has 0 bridgehead atoms. The van der Waals surface area contributed by atoms with Gasteiger partial charge in [0, 0.05) is 6.04 Å². The smallest absolute Gasteiger partial charge is 0.216 e. The summed E-state index contributed by atoms with van der Waals surface area (Å²) in [6.45, 7) is 6.54. The minimum atomic E-state index is -3.33. The van der Waals surface area contributed by atoms with Crippen molar-refractivity contribution in [3.05, 3.63) is 0 Å². The summed E-state index contributed by atoms with van der Waals surface area (Å²) in [6.07, 6.45) is 0.589. The molecule has 0 spiro atoms. The standard InChI is InChI=1S/C8H19NO3S/c1-5-7(6-10)9-13(11,12)8(2,3)4/h7,9-10H,5-6H2,1-4H3. The average molecular weight is 209 g/mol. The monoisotopic (exact) mass is 209 g/mol. The fourth-order valence-electron chi connectivity index (χ4n) is 0.646. The van der Waals surface area contributed by atoms with Crippen molar-refractivity contribution in [2.75, 3.05) is 6.61 Å². The molecule has 0 fully saturated rings. The molecular weight excluding hydrogens is 190 g/mol. The third-order valence-electron chi connectivity index (χ3n) is 1.84. The maximum atomic E-state index is 11.6. The number of sulfonamides is 1. The second-order valence-electron chi connectivity index (χ2n) is 4.02. The van der Waals surface area contributed by atoms with E-state index in [0.29, 0.717) is 6.42 Å². The zero-order valence-electron chi connectivity index (χ0n) is 8.66. The molecule has 0 amide bonds. The van der Waals surface area contributed by atoms with Gasteiger partial charge in [0.05, 0.1) is 11.4 Å². The van der Waals surface area contributed by atoms with E-state index in [1.54, 1.807) is 20.8 Å². The number of nitrogens with one attached hydrogen (secondary N) is 1. The van der Waals surface area contributed by atoms with E-state index in [1.165, 1.54) is 0 Å². The lowest BCUT2D eigenvalue weighted by Gasteiger charge is -2.23. The van der Waals surface area contributed by atoms with Crippen LogP contribution >= 0.6 is 0 Å². The Morgan fingerprint density at radius 2 is 1.85 bits per heavy atom. The van der Waals surface area contributed by atoms with E-state index in [1.807, 2.05) is 6.92 Å². The van der Waals surface area contributed by atoms with Crippen molar-refractivity contribution in [3.8, 4) is 0 Å². The average Bonchev–Trinajstić information content (AvgIpc) is 1.98. The first kappa shape index (κ1) is 12.9. The van der Waals surface area contributed by atoms with Crippen LogP contribution in [0, 0.1) is 0 Å². The summed E-state index contributed by atoms with van der Waals surface area (Å²) in [5, 5.41) is 8.83. The van der Waals surface area contributed by atoms with E-state index in [2.05, 4.69) is 4.72 Å². The highest BCUT2D eigenvalue weighted by atomic mass is 32.2. The lowest BCUT2D eigenvalue weighted by atomic mass is 10.3. The van der Waals surface area contributed by atoms with Gasteiger partial charge in [0.15, 0.2) is 0 Å². The van der Waals surface area contributed by atoms with Crippen LogP contribution < -0.4 is 4.72 Å². The SMILES string of the molecule is CCC(CO)NS(=O)(=O)C(C)(C)C. The molecule has 0 aliphatic heterocycles. The van der Waals surface area contributed by atoms with Crippen LogP contribution in [-0.2, 0) is 10.0 Å². The Bertz CT molecular complexity index is 237. The molecule has 0 aliphatic rings. The van der Waals surface area contributed by atoms with E-state index >= 15 is 0 Å². The molecule has 1 atom stereocenters. The van der Waals surface area contributed by atoms with E-state index in [-0.39, 0.29) is 12.6 Å². The zero-order valence-corrected chi connectivity index (χ0v) is 9.48. The van der Waals surface area contributed by atoms with Gasteiger partial charge in [-0.25, -0.2) is 13.1 Å². The van der Waals surface area contributed by atoms with Gasteiger partial charge >= 0.3 is 0 Å². The van der Waals surface area contributed by atoms with Gasteiger partial charge in [-0.3, -0.25) is 0 Å². The Morgan fingerprint density at radius 3 is 2.08 bits per heavy atom. The van der Waals surface area contributed by atoms with Crippen LogP contribution in [0.4, 0.5) is 0 Å². The molecule has 2 N–H and O–H groups in total. The molecule has 0 aliphatic carbocycles. The molecule has 0 saturated carbocycles. The summed E-state index contributed by atoms with van der Waals surface area (Å²) in [6, 6.07) is -0.371. The van der Waals surface area contributed by atoms with Crippen LogP contribution in [0.5, 0.6) is 0 Å². The first-order chi connectivity index (χ1) is 5.74. The van der Waals surface area contributed by atoms with Crippen LogP contribution in [0.25, 0.3) is 0 Å². The Balaban J connectivity index is 4.52. The number of rotatable bonds is 4. The maximum absolute atomic E-state index is 11.6. The van der Waals surface area contributed by atoms with Crippen LogP contribution in [-0.4, -0.2) is 30.9 Å². The molecular formula is C8H19NO3S. The molecule has 0 aromatic carbocycles. The molecule has 0 aromatic heterocycles. The van der Waals surface area contributed by atoms with Gasteiger partial charge < -0.3 is 5.11 Å². The zero-order chi connectivity index (χ0) is 10.7. The van der Waals surface area contributed by atoms with Crippen molar-refractivity contribution in [3.63, 3.8) is 0 Å². The Kier molecular flexibility index (Phi) is 4.35. The van der Waals surface area contributed by atoms with E-state index in [0.717, 1.165) is 0 Å². The van der Waals surface area contributed by atoms with E-state index in [4.69, 9.17) is 5.11 Å². The quantitative estimate of drug-likeness (QED) is 0.707. The van der Waals surface area contributed by atoms with Crippen molar-refractivity contribution in [2.24, 2.45) is 0 Å². The normalized spacial score (nSPS) is 15.8. The highest BCUT2D eigenvalue weighted by Gasteiger charge is 2.30. The molecule has 4 nitrogen and oxygen atoms in total. The van der Waals surface area contributed by atoms with Crippen molar-refractivity contribution in [2.45, 2.75) is 44.9 Å². The summed E-state index contributed by atoms with van der Waals surface area (Å²) in [4.78, 5) is 0. The van der Waals surface area contributed by atoms with Crippen LogP contribution in [0.1, 0.15) is 34.1 Å². The molecule has 0 rings (SSSR count). The minimum Gasteiger partial charge on any atom is -0.395 e. The third-order valence-corrected chi connectivity index (χ3v) is 4.10. The van der Waals surface area contributed by atoms with Gasteiger partial charge in [0.25, 0.3) is 0 Å². The highest BCUT2D eigenvalue weighted by Crippen LogP contribution is 2.14. The van der Waals surface area contributed by atoms with Gasteiger partial charge in [-0.05, 0) is 27.2 Å². The summed E-state index contributed by atoms with van der Waals surface area (Å²) in [7, 11) is -3.33. The largest absolute Gasteiger partial charge is 0.395 e. The maximum Gasteiger partial charge on any atom is 0.216 e. The second kappa shape index (κ2) is 4.39. The predicted octanol–water partition coefficient (Wildman–Crippen LogP) is 0.475. The molecule has 0 radical (unpaired) electrons. The summed E-state index contributed by atoms with van der Waals surface area (Å²) in [5.41, 5.74) is 0. The van der Waals surface area contributed by atoms with Gasteiger partial charge in [0.2, 0.25) is 10.0 Å². The fraction of sp³-hybridized carbons (Fsp3) is 1.00.